The second kappa shape index (κ2) is 5.63. The Labute approximate surface area is 138 Å². The first kappa shape index (κ1) is 14.7. The number of benzene rings is 1. The fourth-order valence-corrected chi connectivity index (χ4v) is 3.46. The molecule has 2 aromatic rings. The molecule has 2 heterocycles. The third-order valence-electron chi connectivity index (χ3n) is 4.64. The molecule has 0 saturated heterocycles. The summed E-state index contributed by atoms with van der Waals surface area (Å²) in [4.78, 5) is 39.4. The van der Waals surface area contributed by atoms with E-state index in [2.05, 4.69) is 15.6 Å². The summed E-state index contributed by atoms with van der Waals surface area (Å²) in [5.41, 5.74) is 3.24. The minimum absolute atomic E-state index is 0.110. The zero-order chi connectivity index (χ0) is 16.7. The summed E-state index contributed by atoms with van der Waals surface area (Å²) in [5.74, 6) is -0.595. The molecule has 3 N–H and O–H groups in total. The number of carbonyl (C=O) groups excluding carboxylic acids is 2. The first-order valence-electron chi connectivity index (χ1n) is 8.06. The van der Waals surface area contributed by atoms with Gasteiger partial charge in [-0.1, -0.05) is 18.2 Å². The van der Waals surface area contributed by atoms with Gasteiger partial charge in [0.25, 0.3) is 11.5 Å². The average Bonchev–Trinajstić information content (AvgIpc) is 3.01. The minimum Gasteiger partial charge on any atom is -0.344 e. The monoisotopic (exact) mass is 323 g/mol. The van der Waals surface area contributed by atoms with E-state index in [1.165, 1.54) is 0 Å². The summed E-state index contributed by atoms with van der Waals surface area (Å²) < 4.78 is 0. The normalized spacial score (nSPS) is 18.5. The summed E-state index contributed by atoms with van der Waals surface area (Å²) in [7, 11) is 0. The van der Waals surface area contributed by atoms with Gasteiger partial charge in [0, 0.05) is 11.4 Å². The van der Waals surface area contributed by atoms with Gasteiger partial charge in [0.15, 0.2) is 0 Å². The smallest absolute Gasteiger partial charge is 0.261 e. The van der Waals surface area contributed by atoms with Gasteiger partial charge in [0.2, 0.25) is 5.91 Å². The third kappa shape index (κ3) is 2.50. The molecule has 0 radical (unpaired) electrons. The number of anilines is 1. The maximum Gasteiger partial charge on any atom is 0.261 e. The highest BCUT2D eigenvalue weighted by Gasteiger charge is 2.27. The molecule has 6 nitrogen and oxygen atoms in total. The summed E-state index contributed by atoms with van der Waals surface area (Å²) in [6, 6.07) is 8.60. The molecule has 1 aromatic carbocycles. The molecule has 24 heavy (non-hydrogen) atoms. The Morgan fingerprint density at radius 3 is 2.88 bits per heavy atom. The molecule has 2 aliphatic rings. The van der Waals surface area contributed by atoms with Gasteiger partial charge in [-0.3, -0.25) is 14.4 Å². The molecule has 1 atom stereocenters. The van der Waals surface area contributed by atoms with Gasteiger partial charge in [-0.2, -0.15) is 0 Å². The molecule has 0 saturated carbocycles. The van der Waals surface area contributed by atoms with Gasteiger partial charge >= 0.3 is 0 Å². The van der Waals surface area contributed by atoms with Crippen molar-refractivity contribution in [2.75, 3.05) is 5.32 Å². The van der Waals surface area contributed by atoms with E-state index in [4.69, 9.17) is 0 Å². The number of hydrogen-bond donors (Lipinski definition) is 3. The number of nitrogens with one attached hydrogen (secondary N) is 3. The summed E-state index contributed by atoms with van der Waals surface area (Å²) >= 11 is 0. The number of carbonyl (C=O) groups is 2. The molecule has 1 aliphatic heterocycles. The Hall–Kier alpha value is -2.89. The SMILES string of the molecule is O=C1C[C@@H](NC(=O)c2cc3c([nH]c2=O)CCC3)c2ccccc2N1. The molecule has 1 aromatic heterocycles. The molecular formula is C18H17N3O3. The maximum absolute atomic E-state index is 12.6. The number of aromatic nitrogens is 1. The van der Waals surface area contributed by atoms with Gasteiger partial charge in [0.05, 0.1) is 12.5 Å². The molecule has 0 spiro atoms. The van der Waals surface area contributed by atoms with Gasteiger partial charge in [0.1, 0.15) is 5.56 Å². The lowest BCUT2D eigenvalue weighted by Crippen LogP contribution is -2.37. The molecule has 2 amide bonds. The molecule has 0 unspecified atom stereocenters. The quantitative estimate of drug-likeness (QED) is 0.785. The second-order valence-electron chi connectivity index (χ2n) is 6.24. The number of fused-ring (bicyclic) bond motifs is 2. The molecule has 0 fully saturated rings. The van der Waals surface area contributed by atoms with Crippen molar-refractivity contribution in [3.8, 4) is 0 Å². The van der Waals surface area contributed by atoms with E-state index >= 15 is 0 Å². The molecule has 122 valence electrons. The van der Waals surface area contributed by atoms with Crippen LogP contribution in [-0.4, -0.2) is 16.8 Å². The number of aromatic amines is 1. The van der Waals surface area contributed by atoms with Crippen LogP contribution in [0.4, 0.5) is 5.69 Å². The summed E-state index contributed by atoms with van der Waals surface area (Å²) in [6.07, 6.45) is 2.88. The van der Waals surface area contributed by atoms with E-state index in [1.807, 2.05) is 18.2 Å². The average molecular weight is 323 g/mol. The molecule has 4 rings (SSSR count). The fourth-order valence-electron chi connectivity index (χ4n) is 3.46. The number of aryl methyl sites for hydroxylation is 2. The number of para-hydroxylation sites is 1. The lowest BCUT2D eigenvalue weighted by molar-refractivity contribution is -0.116. The zero-order valence-corrected chi connectivity index (χ0v) is 13.0. The largest absolute Gasteiger partial charge is 0.344 e. The van der Waals surface area contributed by atoms with Crippen molar-refractivity contribution in [3.63, 3.8) is 0 Å². The Balaban J connectivity index is 1.63. The van der Waals surface area contributed by atoms with Crippen molar-refractivity contribution >= 4 is 17.5 Å². The highest BCUT2D eigenvalue weighted by Crippen LogP contribution is 2.30. The third-order valence-corrected chi connectivity index (χ3v) is 4.64. The highest BCUT2D eigenvalue weighted by molar-refractivity contribution is 5.98. The van der Waals surface area contributed by atoms with Crippen molar-refractivity contribution in [1.29, 1.82) is 0 Å². The summed E-state index contributed by atoms with van der Waals surface area (Å²) in [6.45, 7) is 0. The number of rotatable bonds is 2. The predicted molar refractivity (Wildman–Crippen MR) is 89.0 cm³/mol. The van der Waals surface area contributed by atoms with E-state index in [9.17, 15) is 14.4 Å². The number of H-pyrrole nitrogens is 1. The lowest BCUT2D eigenvalue weighted by atomic mass is 9.97. The topological polar surface area (TPSA) is 91.1 Å². The van der Waals surface area contributed by atoms with E-state index in [0.29, 0.717) is 5.69 Å². The number of pyridine rings is 1. The first-order valence-corrected chi connectivity index (χ1v) is 8.06. The Bertz CT molecular complexity index is 901. The van der Waals surface area contributed by atoms with E-state index in [-0.39, 0.29) is 23.5 Å². The Morgan fingerprint density at radius 1 is 1.17 bits per heavy atom. The van der Waals surface area contributed by atoms with Crippen LogP contribution in [0.15, 0.2) is 35.1 Å². The van der Waals surface area contributed by atoms with E-state index in [1.54, 1.807) is 12.1 Å². The molecule has 6 heteroatoms. The zero-order valence-electron chi connectivity index (χ0n) is 13.0. The van der Waals surface area contributed by atoms with Gasteiger partial charge in [-0.05, 0) is 42.5 Å². The fraction of sp³-hybridized carbons (Fsp3) is 0.278. The van der Waals surface area contributed by atoms with Crippen molar-refractivity contribution in [3.05, 3.63) is 63.1 Å². The van der Waals surface area contributed by atoms with Gasteiger partial charge in [-0.15, -0.1) is 0 Å². The second-order valence-corrected chi connectivity index (χ2v) is 6.24. The van der Waals surface area contributed by atoms with Crippen LogP contribution in [0.1, 0.15) is 46.1 Å². The van der Waals surface area contributed by atoms with Gasteiger partial charge in [-0.25, -0.2) is 0 Å². The molecular weight excluding hydrogens is 306 g/mol. The van der Waals surface area contributed by atoms with Crippen LogP contribution in [-0.2, 0) is 17.6 Å². The number of hydrogen-bond acceptors (Lipinski definition) is 3. The van der Waals surface area contributed by atoms with E-state index < -0.39 is 11.9 Å². The lowest BCUT2D eigenvalue weighted by Gasteiger charge is -2.26. The molecule has 1 aliphatic carbocycles. The predicted octanol–water partition coefficient (Wildman–Crippen LogP) is 1.68. The van der Waals surface area contributed by atoms with Crippen LogP contribution in [0.2, 0.25) is 0 Å². The van der Waals surface area contributed by atoms with Gasteiger partial charge < -0.3 is 15.6 Å². The number of amides is 2. The van der Waals surface area contributed by atoms with Crippen LogP contribution in [0.25, 0.3) is 0 Å². The Kier molecular flexibility index (Phi) is 3.45. The summed E-state index contributed by atoms with van der Waals surface area (Å²) in [5, 5.41) is 5.62. The van der Waals surface area contributed by atoms with Crippen LogP contribution in [0.3, 0.4) is 0 Å². The van der Waals surface area contributed by atoms with Crippen LogP contribution in [0, 0.1) is 0 Å². The van der Waals surface area contributed by atoms with Crippen LogP contribution >= 0.6 is 0 Å². The van der Waals surface area contributed by atoms with Crippen molar-refractivity contribution in [1.82, 2.24) is 10.3 Å². The Morgan fingerprint density at radius 2 is 2.00 bits per heavy atom. The van der Waals surface area contributed by atoms with Crippen LogP contribution in [0.5, 0.6) is 0 Å². The van der Waals surface area contributed by atoms with Crippen molar-refractivity contribution in [2.45, 2.75) is 31.7 Å². The molecule has 0 bridgehead atoms. The minimum atomic E-state index is -0.444. The van der Waals surface area contributed by atoms with Crippen LogP contribution < -0.4 is 16.2 Å². The van der Waals surface area contributed by atoms with Crippen molar-refractivity contribution in [2.24, 2.45) is 0 Å². The first-order chi connectivity index (χ1) is 11.6. The van der Waals surface area contributed by atoms with Crippen molar-refractivity contribution < 1.29 is 9.59 Å². The van der Waals surface area contributed by atoms with E-state index in [0.717, 1.165) is 36.1 Å². The standard InChI is InChI=1S/C18H17N3O3/c22-16-9-15(11-5-1-2-6-14(11)19-16)21-18(24)12-8-10-4-3-7-13(10)20-17(12)23/h1-2,5-6,8,15H,3-4,7,9H2,(H,19,22)(H,20,23)(H,21,24)/t15-/m1/s1. The maximum atomic E-state index is 12.6. The highest BCUT2D eigenvalue weighted by atomic mass is 16.2.